The van der Waals surface area contributed by atoms with Crippen molar-refractivity contribution in [2.45, 2.75) is 13.0 Å². The number of nitrogens with zero attached hydrogens (tertiary/aromatic N) is 1. The molecular formula is C19H15Cl2N3O3. The number of hydrogen-bond acceptors (Lipinski definition) is 4. The third-order valence-corrected chi connectivity index (χ3v) is 4.20. The van der Waals surface area contributed by atoms with E-state index in [0.717, 1.165) is 5.56 Å². The largest absolute Gasteiger partial charge is 0.479 e. The van der Waals surface area contributed by atoms with Crippen molar-refractivity contribution in [1.29, 1.82) is 0 Å². The molecule has 0 fully saturated rings. The molecule has 2 aromatic carbocycles. The highest BCUT2D eigenvalue weighted by Crippen LogP contribution is 2.28. The lowest BCUT2D eigenvalue weighted by Gasteiger charge is -2.16. The number of hydrogen-bond donors (Lipinski definition) is 2. The number of ether oxygens (including phenoxy) is 1. The summed E-state index contributed by atoms with van der Waals surface area (Å²) in [5.41, 5.74) is 1.62. The summed E-state index contributed by atoms with van der Waals surface area (Å²) < 4.78 is 5.61. The second-order valence-electron chi connectivity index (χ2n) is 5.71. The standard InChI is InChI=1S/C19H15Cl2N3O3/c1-11(27-17-7-5-13(20)10-15(17)21)19(26)22-14-4-2-3-12(9-14)16-6-8-18(25)24-23-16/h2-11H,1H3,(H,22,26)(H,24,25). The molecule has 27 heavy (non-hydrogen) atoms. The Kier molecular flexibility index (Phi) is 5.78. The first-order valence-electron chi connectivity index (χ1n) is 8.01. The Morgan fingerprint density at radius 3 is 2.67 bits per heavy atom. The lowest BCUT2D eigenvalue weighted by atomic mass is 10.1. The Labute approximate surface area is 165 Å². The summed E-state index contributed by atoms with van der Waals surface area (Å²) in [6.45, 7) is 1.62. The summed E-state index contributed by atoms with van der Waals surface area (Å²) in [6.07, 6.45) is -0.779. The minimum absolute atomic E-state index is 0.282. The Hall–Kier alpha value is -2.83. The Morgan fingerprint density at radius 1 is 1.15 bits per heavy atom. The van der Waals surface area contributed by atoms with Crippen LogP contribution in [0.15, 0.2) is 59.4 Å². The van der Waals surface area contributed by atoms with Gasteiger partial charge in [0.1, 0.15) is 5.75 Å². The van der Waals surface area contributed by atoms with Crippen molar-refractivity contribution in [3.63, 3.8) is 0 Å². The molecule has 8 heteroatoms. The van der Waals surface area contributed by atoms with Gasteiger partial charge in [-0.1, -0.05) is 35.3 Å². The number of aromatic nitrogens is 2. The van der Waals surface area contributed by atoms with Gasteiger partial charge in [0.05, 0.1) is 10.7 Å². The van der Waals surface area contributed by atoms with Crippen LogP contribution in [0.1, 0.15) is 6.92 Å². The second-order valence-corrected chi connectivity index (χ2v) is 6.55. The zero-order valence-electron chi connectivity index (χ0n) is 14.2. The van der Waals surface area contributed by atoms with E-state index in [2.05, 4.69) is 15.5 Å². The van der Waals surface area contributed by atoms with Crippen molar-refractivity contribution in [1.82, 2.24) is 10.2 Å². The molecule has 0 radical (unpaired) electrons. The first kappa shape index (κ1) is 18.9. The molecule has 138 valence electrons. The van der Waals surface area contributed by atoms with E-state index in [1.807, 2.05) is 6.07 Å². The third kappa shape index (κ3) is 4.87. The van der Waals surface area contributed by atoms with Crippen molar-refractivity contribution < 1.29 is 9.53 Å². The third-order valence-electron chi connectivity index (χ3n) is 3.67. The molecule has 1 atom stereocenters. The van der Waals surface area contributed by atoms with Gasteiger partial charge in [0.15, 0.2) is 6.10 Å². The number of anilines is 1. The van der Waals surface area contributed by atoms with Crippen molar-refractivity contribution in [3.8, 4) is 17.0 Å². The van der Waals surface area contributed by atoms with Gasteiger partial charge in [-0.05, 0) is 43.3 Å². The zero-order chi connectivity index (χ0) is 19.4. The molecule has 6 nitrogen and oxygen atoms in total. The fourth-order valence-corrected chi connectivity index (χ4v) is 2.77. The molecule has 1 aromatic heterocycles. The van der Waals surface area contributed by atoms with Crippen molar-refractivity contribution in [2.24, 2.45) is 0 Å². The summed E-state index contributed by atoms with van der Waals surface area (Å²) >= 11 is 11.9. The van der Waals surface area contributed by atoms with Crippen LogP contribution in [-0.4, -0.2) is 22.2 Å². The van der Waals surface area contributed by atoms with E-state index < -0.39 is 6.10 Å². The average molecular weight is 404 g/mol. The molecule has 2 N–H and O–H groups in total. The van der Waals surface area contributed by atoms with Gasteiger partial charge in [0.2, 0.25) is 0 Å². The normalized spacial score (nSPS) is 11.7. The van der Waals surface area contributed by atoms with E-state index >= 15 is 0 Å². The Balaban J connectivity index is 1.70. The molecule has 3 rings (SSSR count). The molecule has 1 heterocycles. The van der Waals surface area contributed by atoms with Crippen LogP contribution in [0.25, 0.3) is 11.3 Å². The molecule has 0 spiro atoms. The van der Waals surface area contributed by atoms with E-state index in [4.69, 9.17) is 27.9 Å². The maximum absolute atomic E-state index is 12.4. The molecule has 0 saturated heterocycles. The molecular weight excluding hydrogens is 389 g/mol. The zero-order valence-corrected chi connectivity index (χ0v) is 15.7. The molecule has 0 aliphatic heterocycles. The highest BCUT2D eigenvalue weighted by Gasteiger charge is 2.17. The van der Waals surface area contributed by atoms with E-state index in [9.17, 15) is 9.59 Å². The van der Waals surface area contributed by atoms with Gasteiger partial charge < -0.3 is 10.1 Å². The van der Waals surface area contributed by atoms with Crippen LogP contribution < -0.4 is 15.6 Å². The lowest BCUT2D eigenvalue weighted by molar-refractivity contribution is -0.122. The molecule has 3 aromatic rings. The van der Waals surface area contributed by atoms with Gasteiger partial charge in [-0.3, -0.25) is 9.59 Å². The number of rotatable bonds is 5. The van der Waals surface area contributed by atoms with Gasteiger partial charge in [-0.25, -0.2) is 5.10 Å². The predicted molar refractivity (Wildman–Crippen MR) is 105 cm³/mol. The van der Waals surface area contributed by atoms with Crippen LogP contribution in [-0.2, 0) is 4.79 Å². The molecule has 0 aliphatic carbocycles. The summed E-state index contributed by atoms with van der Waals surface area (Å²) in [4.78, 5) is 23.5. The van der Waals surface area contributed by atoms with Gasteiger partial charge in [0.25, 0.3) is 11.5 Å². The highest BCUT2D eigenvalue weighted by molar-refractivity contribution is 6.35. The van der Waals surface area contributed by atoms with Crippen LogP contribution in [0, 0.1) is 0 Å². The SMILES string of the molecule is CC(Oc1ccc(Cl)cc1Cl)C(=O)Nc1cccc(-c2ccc(=O)[nH]n2)c1. The lowest BCUT2D eigenvalue weighted by Crippen LogP contribution is -2.30. The monoisotopic (exact) mass is 403 g/mol. The van der Waals surface area contributed by atoms with E-state index in [1.54, 1.807) is 49.4 Å². The van der Waals surface area contributed by atoms with Crippen molar-refractivity contribution >= 4 is 34.8 Å². The summed E-state index contributed by atoms with van der Waals surface area (Å²) in [6, 6.07) is 14.9. The fourth-order valence-electron chi connectivity index (χ4n) is 2.32. The molecule has 0 aliphatic rings. The minimum Gasteiger partial charge on any atom is -0.479 e. The number of amides is 1. The van der Waals surface area contributed by atoms with Crippen LogP contribution in [0.3, 0.4) is 0 Å². The first-order valence-corrected chi connectivity index (χ1v) is 8.77. The number of benzene rings is 2. The maximum Gasteiger partial charge on any atom is 0.265 e. The molecule has 1 unspecified atom stereocenters. The van der Waals surface area contributed by atoms with Crippen molar-refractivity contribution in [2.75, 3.05) is 5.32 Å². The number of carbonyl (C=O) groups excluding carboxylic acids is 1. The minimum atomic E-state index is -0.779. The van der Waals surface area contributed by atoms with Gasteiger partial charge in [-0.15, -0.1) is 0 Å². The van der Waals surface area contributed by atoms with Gasteiger partial charge in [0, 0.05) is 22.3 Å². The quantitative estimate of drug-likeness (QED) is 0.669. The van der Waals surface area contributed by atoms with Gasteiger partial charge in [-0.2, -0.15) is 5.10 Å². The van der Waals surface area contributed by atoms with Crippen LogP contribution in [0.4, 0.5) is 5.69 Å². The van der Waals surface area contributed by atoms with Gasteiger partial charge >= 0.3 is 0 Å². The number of aromatic amines is 1. The Morgan fingerprint density at radius 2 is 1.96 bits per heavy atom. The molecule has 0 bridgehead atoms. The summed E-state index contributed by atoms with van der Waals surface area (Å²) in [5.74, 6) is 0.0301. The maximum atomic E-state index is 12.4. The van der Waals surface area contributed by atoms with Crippen molar-refractivity contribution in [3.05, 3.63) is 75.0 Å². The second kappa shape index (κ2) is 8.24. The van der Waals surface area contributed by atoms with Crippen LogP contribution in [0.5, 0.6) is 5.75 Å². The highest BCUT2D eigenvalue weighted by atomic mass is 35.5. The van der Waals surface area contributed by atoms with E-state index in [-0.39, 0.29) is 11.5 Å². The predicted octanol–water partition coefficient (Wildman–Crippen LogP) is 4.15. The molecule has 0 saturated carbocycles. The first-order chi connectivity index (χ1) is 12.9. The van der Waals surface area contributed by atoms with E-state index in [1.165, 1.54) is 6.07 Å². The smallest absolute Gasteiger partial charge is 0.265 e. The number of nitrogens with one attached hydrogen (secondary N) is 2. The number of carbonyl (C=O) groups is 1. The summed E-state index contributed by atoms with van der Waals surface area (Å²) in [5, 5.41) is 9.95. The van der Waals surface area contributed by atoms with E-state index in [0.29, 0.717) is 27.2 Å². The number of halogens is 2. The van der Waals surface area contributed by atoms with Crippen LogP contribution in [0.2, 0.25) is 10.0 Å². The number of H-pyrrole nitrogens is 1. The summed E-state index contributed by atoms with van der Waals surface area (Å²) in [7, 11) is 0. The van der Waals surface area contributed by atoms with Crippen LogP contribution >= 0.6 is 23.2 Å². The topological polar surface area (TPSA) is 84.1 Å². The fraction of sp³-hybridized carbons (Fsp3) is 0.105. The Bertz CT molecular complexity index is 1020. The average Bonchev–Trinajstić information content (AvgIpc) is 2.64. The molecule has 1 amide bonds.